The molecule has 0 atom stereocenters. The minimum Gasteiger partial charge on any atom is -0.497 e. The van der Waals surface area contributed by atoms with E-state index in [1.54, 1.807) is 7.11 Å². The number of ether oxygens (including phenoxy) is 1. The van der Waals surface area contributed by atoms with Crippen molar-refractivity contribution < 1.29 is 4.74 Å². The molecule has 1 saturated heterocycles. The summed E-state index contributed by atoms with van der Waals surface area (Å²) in [5.41, 5.74) is 3.26. The maximum absolute atomic E-state index is 8.84. The first-order valence-electron chi connectivity index (χ1n) is 8.84. The quantitative estimate of drug-likeness (QED) is 0.880. The lowest BCUT2D eigenvalue weighted by Gasteiger charge is -2.32. The van der Waals surface area contributed by atoms with E-state index in [-0.39, 0.29) is 0 Å². The van der Waals surface area contributed by atoms with Gasteiger partial charge in [0, 0.05) is 19.1 Å². The fourth-order valence-corrected chi connectivity index (χ4v) is 3.28. The zero-order valence-electron chi connectivity index (χ0n) is 14.7. The minimum absolute atomic E-state index is 0.567. The van der Waals surface area contributed by atoms with Crippen LogP contribution in [0.25, 0.3) is 0 Å². The molecule has 0 spiro atoms. The highest BCUT2D eigenvalue weighted by Gasteiger charge is 2.18. The number of piperidine rings is 1. The highest BCUT2D eigenvalue weighted by Crippen LogP contribution is 2.18. The van der Waals surface area contributed by atoms with E-state index >= 15 is 0 Å². The molecule has 0 aromatic heterocycles. The zero-order valence-corrected chi connectivity index (χ0v) is 14.7. The lowest BCUT2D eigenvalue weighted by Crippen LogP contribution is -2.41. The van der Waals surface area contributed by atoms with Crippen LogP contribution < -0.4 is 10.1 Å². The Balaban J connectivity index is 1.43. The topological polar surface area (TPSA) is 48.3 Å². The Morgan fingerprint density at radius 2 is 1.88 bits per heavy atom. The summed E-state index contributed by atoms with van der Waals surface area (Å²) in [5, 5.41) is 12.5. The third-order valence-corrected chi connectivity index (χ3v) is 4.81. The van der Waals surface area contributed by atoms with Gasteiger partial charge in [-0.15, -0.1) is 0 Å². The molecule has 0 saturated carbocycles. The molecule has 130 valence electrons. The molecule has 0 bridgehead atoms. The molecule has 4 heteroatoms. The number of hydrogen-bond donors (Lipinski definition) is 1. The first-order valence-corrected chi connectivity index (χ1v) is 8.84. The number of nitriles is 1. The first-order chi connectivity index (χ1) is 12.3. The normalized spacial score (nSPS) is 15.7. The second-order valence-corrected chi connectivity index (χ2v) is 6.59. The molecular weight excluding hydrogens is 310 g/mol. The van der Waals surface area contributed by atoms with Crippen molar-refractivity contribution in [1.29, 1.82) is 5.26 Å². The van der Waals surface area contributed by atoms with Crippen molar-refractivity contribution in [3.05, 3.63) is 65.2 Å². The van der Waals surface area contributed by atoms with Crippen LogP contribution in [0.1, 0.15) is 29.5 Å². The SMILES string of the molecule is COc1cccc(CN2CCC(NCc3ccc(C#N)cc3)CC2)c1. The van der Waals surface area contributed by atoms with Gasteiger partial charge in [0.2, 0.25) is 0 Å². The van der Waals surface area contributed by atoms with E-state index in [9.17, 15) is 0 Å². The van der Waals surface area contributed by atoms with Crippen molar-refractivity contribution in [2.45, 2.75) is 32.0 Å². The van der Waals surface area contributed by atoms with Crippen LogP contribution in [0.15, 0.2) is 48.5 Å². The second-order valence-electron chi connectivity index (χ2n) is 6.59. The number of rotatable bonds is 6. The van der Waals surface area contributed by atoms with Crippen LogP contribution in [0.3, 0.4) is 0 Å². The third-order valence-electron chi connectivity index (χ3n) is 4.81. The van der Waals surface area contributed by atoms with Crippen molar-refractivity contribution >= 4 is 0 Å². The molecule has 3 rings (SSSR count). The lowest BCUT2D eigenvalue weighted by atomic mass is 10.0. The van der Waals surface area contributed by atoms with E-state index in [4.69, 9.17) is 10.00 Å². The number of likely N-dealkylation sites (tertiary alicyclic amines) is 1. The van der Waals surface area contributed by atoms with Crippen LogP contribution in [0.5, 0.6) is 5.75 Å². The Morgan fingerprint density at radius 1 is 1.12 bits per heavy atom. The van der Waals surface area contributed by atoms with Gasteiger partial charge in [0.1, 0.15) is 5.75 Å². The second kappa shape index (κ2) is 8.66. The molecule has 4 nitrogen and oxygen atoms in total. The molecule has 1 aliphatic heterocycles. The smallest absolute Gasteiger partial charge is 0.119 e. The van der Waals surface area contributed by atoms with Crippen LogP contribution in [-0.4, -0.2) is 31.1 Å². The van der Waals surface area contributed by atoms with Crippen molar-refractivity contribution in [3.8, 4) is 11.8 Å². The summed E-state index contributed by atoms with van der Waals surface area (Å²) in [4.78, 5) is 2.51. The monoisotopic (exact) mass is 335 g/mol. The molecule has 0 unspecified atom stereocenters. The highest BCUT2D eigenvalue weighted by molar-refractivity contribution is 5.31. The molecule has 1 heterocycles. The fourth-order valence-electron chi connectivity index (χ4n) is 3.28. The highest BCUT2D eigenvalue weighted by atomic mass is 16.5. The van der Waals surface area contributed by atoms with Gasteiger partial charge in [0.15, 0.2) is 0 Å². The van der Waals surface area contributed by atoms with Crippen molar-refractivity contribution in [1.82, 2.24) is 10.2 Å². The molecule has 2 aromatic carbocycles. The average Bonchev–Trinajstić information content (AvgIpc) is 2.68. The van der Waals surface area contributed by atoms with E-state index in [0.717, 1.165) is 37.5 Å². The van der Waals surface area contributed by atoms with Crippen LogP contribution in [-0.2, 0) is 13.1 Å². The van der Waals surface area contributed by atoms with E-state index in [1.807, 2.05) is 30.3 Å². The standard InChI is InChI=1S/C21H25N3O/c1-25-21-4-2-3-19(13-21)16-24-11-9-20(10-12-24)23-15-18-7-5-17(14-22)6-8-18/h2-8,13,20,23H,9-12,15-16H2,1H3. The Labute approximate surface area is 150 Å². The molecule has 1 N–H and O–H groups in total. The number of benzene rings is 2. The molecule has 0 radical (unpaired) electrons. The van der Waals surface area contributed by atoms with E-state index in [0.29, 0.717) is 6.04 Å². The maximum Gasteiger partial charge on any atom is 0.119 e. The predicted octanol–water partition coefficient (Wildman–Crippen LogP) is 3.32. The Bertz CT molecular complexity index is 713. The largest absolute Gasteiger partial charge is 0.497 e. The number of methoxy groups -OCH3 is 1. The van der Waals surface area contributed by atoms with Crippen molar-refractivity contribution in [2.75, 3.05) is 20.2 Å². The lowest BCUT2D eigenvalue weighted by molar-refractivity contribution is 0.190. The predicted molar refractivity (Wildman–Crippen MR) is 99.3 cm³/mol. The van der Waals surface area contributed by atoms with Crippen LogP contribution in [0.4, 0.5) is 0 Å². The van der Waals surface area contributed by atoms with Crippen LogP contribution in [0, 0.1) is 11.3 Å². The summed E-state index contributed by atoms with van der Waals surface area (Å²) in [7, 11) is 1.71. The Hall–Kier alpha value is -2.35. The van der Waals surface area contributed by atoms with Crippen molar-refractivity contribution in [2.24, 2.45) is 0 Å². The summed E-state index contributed by atoms with van der Waals surface area (Å²) in [5.74, 6) is 0.927. The molecule has 1 fully saturated rings. The zero-order chi connectivity index (χ0) is 17.5. The number of nitrogens with one attached hydrogen (secondary N) is 1. The minimum atomic E-state index is 0.567. The van der Waals surface area contributed by atoms with Crippen LogP contribution in [0.2, 0.25) is 0 Å². The molecular formula is C21H25N3O. The maximum atomic E-state index is 8.84. The average molecular weight is 335 g/mol. The molecule has 25 heavy (non-hydrogen) atoms. The molecule has 0 aliphatic carbocycles. The first kappa shape index (κ1) is 17.5. The van der Waals surface area contributed by atoms with Crippen molar-refractivity contribution in [3.63, 3.8) is 0 Å². The van der Waals surface area contributed by atoms with Crippen LogP contribution >= 0.6 is 0 Å². The molecule has 1 aliphatic rings. The van der Waals surface area contributed by atoms with Gasteiger partial charge in [-0.2, -0.15) is 5.26 Å². The Morgan fingerprint density at radius 3 is 2.56 bits per heavy atom. The third kappa shape index (κ3) is 5.06. The van der Waals surface area contributed by atoms with Gasteiger partial charge in [-0.25, -0.2) is 0 Å². The van der Waals surface area contributed by atoms with Gasteiger partial charge >= 0.3 is 0 Å². The summed E-state index contributed by atoms with van der Waals surface area (Å²) >= 11 is 0. The van der Waals surface area contributed by atoms with E-state index in [1.165, 1.54) is 24.0 Å². The summed E-state index contributed by atoms with van der Waals surface area (Å²) < 4.78 is 5.30. The number of nitrogens with zero attached hydrogens (tertiary/aromatic N) is 2. The summed E-state index contributed by atoms with van der Waals surface area (Å²) in [6.07, 6.45) is 2.33. The molecule has 2 aromatic rings. The summed E-state index contributed by atoms with van der Waals surface area (Å²) in [6, 6.07) is 18.9. The molecule has 0 amide bonds. The van der Waals surface area contributed by atoms with Gasteiger partial charge in [0.25, 0.3) is 0 Å². The Kier molecular flexibility index (Phi) is 6.05. The number of hydrogen-bond acceptors (Lipinski definition) is 4. The fraction of sp³-hybridized carbons (Fsp3) is 0.381. The van der Waals surface area contributed by atoms with Gasteiger partial charge in [-0.1, -0.05) is 24.3 Å². The van der Waals surface area contributed by atoms with E-state index < -0.39 is 0 Å². The van der Waals surface area contributed by atoms with Gasteiger partial charge in [-0.05, 0) is 61.3 Å². The van der Waals surface area contributed by atoms with Gasteiger partial charge in [-0.3, -0.25) is 4.90 Å². The van der Waals surface area contributed by atoms with Gasteiger partial charge < -0.3 is 10.1 Å². The summed E-state index contributed by atoms with van der Waals surface area (Å²) in [6.45, 7) is 4.08. The van der Waals surface area contributed by atoms with Gasteiger partial charge in [0.05, 0.1) is 18.7 Å². The van der Waals surface area contributed by atoms with E-state index in [2.05, 4.69) is 34.5 Å².